The van der Waals surface area contributed by atoms with Crippen LogP contribution < -0.4 is 4.74 Å². The number of carbonyl (C=O) groups is 1. The van der Waals surface area contributed by atoms with Gasteiger partial charge in [-0.3, -0.25) is 9.69 Å². The van der Waals surface area contributed by atoms with Crippen molar-refractivity contribution >= 4 is 15.9 Å². The quantitative estimate of drug-likeness (QED) is 0.725. The molecule has 0 spiro atoms. The summed E-state index contributed by atoms with van der Waals surface area (Å²) in [6, 6.07) is 6.99. The van der Waals surface area contributed by atoms with Gasteiger partial charge in [-0.25, -0.2) is 8.42 Å². The van der Waals surface area contributed by atoms with Gasteiger partial charge in [0.05, 0.1) is 12.0 Å². The Morgan fingerprint density at radius 2 is 1.62 bits per heavy atom. The molecule has 29 heavy (non-hydrogen) atoms. The first kappa shape index (κ1) is 20.6. The summed E-state index contributed by atoms with van der Waals surface area (Å²) in [4.78, 5) is 17.8. The van der Waals surface area contributed by atoms with Crippen LogP contribution in [-0.4, -0.2) is 80.9 Å². The topological polar surface area (TPSA) is 70.2 Å². The van der Waals surface area contributed by atoms with E-state index in [9.17, 15) is 13.2 Å². The van der Waals surface area contributed by atoms with Gasteiger partial charge >= 0.3 is 0 Å². The molecule has 3 aliphatic rings. The SMILES string of the molecule is COc1ccc(S(=O)(=O)N2CCC(C(=O)N3CCC(N4CCCC4)C3)CC2)cc1. The highest BCUT2D eigenvalue weighted by Crippen LogP contribution is 2.28. The molecule has 0 aliphatic carbocycles. The van der Waals surface area contributed by atoms with E-state index in [1.165, 1.54) is 17.1 Å². The van der Waals surface area contributed by atoms with E-state index in [2.05, 4.69) is 4.90 Å². The van der Waals surface area contributed by atoms with Gasteiger partial charge in [-0.15, -0.1) is 0 Å². The largest absolute Gasteiger partial charge is 0.497 e. The summed E-state index contributed by atoms with van der Waals surface area (Å²) in [7, 11) is -1.97. The number of likely N-dealkylation sites (tertiary alicyclic amines) is 2. The van der Waals surface area contributed by atoms with Gasteiger partial charge < -0.3 is 9.64 Å². The molecule has 4 rings (SSSR count). The molecule has 1 aromatic carbocycles. The number of ether oxygens (including phenoxy) is 1. The normalized spacial score (nSPS) is 24.9. The summed E-state index contributed by atoms with van der Waals surface area (Å²) in [6.45, 7) is 4.79. The van der Waals surface area contributed by atoms with Crippen molar-refractivity contribution in [2.24, 2.45) is 5.92 Å². The molecule has 1 atom stereocenters. The lowest BCUT2D eigenvalue weighted by Gasteiger charge is -2.32. The standard InChI is InChI=1S/C21H31N3O4S/c1-28-19-4-6-20(7-5-19)29(26,27)24-14-8-17(9-15-24)21(25)23-13-10-18(16-23)22-11-2-3-12-22/h4-7,17-18H,2-3,8-16H2,1H3. The van der Waals surface area contributed by atoms with Crippen LogP contribution >= 0.6 is 0 Å². The van der Waals surface area contributed by atoms with Crippen LogP contribution in [-0.2, 0) is 14.8 Å². The van der Waals surface area contributed by atoms with Crippen LogP contribution in [0.1, 0.15) is 32.1 Å². The highest BCUT2D eigenvalue weighted by atomic mass is 32.2. The van der Waals surface area contributed by atoms with Crippen molar-refractivity contribution in [1.82, 2.24) is 14.1 Å². The smallest absolute Gasteiger partial charge is 0.243 e. The third-order valence-corrected chi connectivity index (χ3v) is 8.55. The summed E-state index contributed by atoms with van der Waals surface area (Å²) < 4.78 is 32.4. The number of benzene rings is 1. The molecule has 3 heterocycles. The zero-order valence-corrected chi connectivity index (χ0v) is 17.9. The number of sulfonamides is 1. The molecule has 0 bridgehead atoms. The number of rotatable bonds is 5. The third-order valence-electron chi connectivity index (χ3n) is 6.63. The Bertz CT molecular complexity index is 813. The van der Waals surface area contributed by atoms with Crippen molar-refractivity contribution < 1.29 is 17.9 Å². The monoisotopic (exact) mass is 421 g/mol. The van der Waals surface area contributed by atoms with Crippen LogP contribution in [0.2, 0.25) is 0 Å². The van der Waals surface area contributed by atoms with Gasteiger partial charge in [0.2, 0.25) is 15.9 Å². The minimum atomic E-state index is -3.53. The lowest BCUT2D eigenvalue weighted by atomic mass is 9.96. The van der Waals surface area contributed by atoms with Crippen LogP contribution in [0.4, 0.5) is 0 Å². The molecule has 3 aliphatic heterocycles. The van der Waals surface area contributed by atoms with Crippen molar-refractivity contribution in [3.8, 4) is 5.75 Å². The van der Waals surface area contributed by atoms with Crippen LogP contribution in [0, 0.1) is 5.92 Å². The summed E-state index contributed by atoms with van der Waals surface area (Å²) in [6.07, 6.45) is 4.80. The molecule has 160 valence electrons. The molecule has 7 nitrogen and oxygen atoms in total. The Morgan fingerprint density at radius 3 is 2.24 bits per heavy atom. The highest BCUT2D eigenvalue weighted by Gasteiger charge is 2.37. The summed E-state index contributed by atoms with van der Waals surface area (Å²) in [5, 5.41) is 0. The van der Waals surface area contributed by atoms with Crippen LogP contribution in [0.15, 0.2) is 29.2 Å². The molecule has 3 fully saturated rings. The number of methoxy groups -OCH3 is 1. The molecular formula is C21H31N3O4S. The number of amides is 1. The van der Waals surface area contributed by atoms with Crippen molar-refractivity contribution in [3.05, 3.63) is 24.3 Å². The van der Waals surface area contributed by atoms with Gasteiger partial charge in [0.15, 0.2) is 0 Å². The Hall–Kier alpha value is -1.64. The lowest BCUT2D eigenvalue weighted by molar-refractivity contribution is -0.135. The molecule has 0 N–H and O–H groups in total. The maximum Gasteiger partial charge on any atom is 0.243 e. The molecule has 3 saturated heterocycles. The molecule has 1 amide bonds. The number of hydrogen-bond acceptors (Lipinski definition) is 5. The van der Waals surface area contributed by atoms with Crippen molar-refractivity contribution in [2.45, 2.75) is 43.0 Å². The van der Waals surface area contributed by atoms with Gasteiger partial charge in [-0.2, -0.15) is 4.31 Å². The Balaban J connectivity index is 1.32. The lowest BCUT2D eigenvalue weighted by Crippen LogP contribution is -2.44. The highest BCUT2D eigenvalue weighted by molar-refractivity contribution is 7.89. The van der Waals surface area contributed by atoms with E-state index in [0.29, 0.717) is 37.7 Å². The van der Waals surface area contributed by atoms with Gasteiger partial charge in [0, 0.05) is 38.1 Å². The maximum atomic E-state index is 13.0. The second-order valence-corrected chi connectivity index (χ2v) is 10.3. The fourth-order valence-electron chi connectivity index (χ4n) is 4.84. The Kier molecular flexibility index (Phi) is 6.13. The van der Waals surface area contributed by atoms with Gasteiger partial charge in [-0.05, 0) is 69.5 Å². The Labute approximate surface area is 173 Å². The van der Waals surface area contributed by atoms with Crippen LogP contribution in [0.3, 0.4) is 0 Å². The van der Waals surface area contributed by atoms with E-state index >= 15 is 0 Å². The fraction of sp³-hybridized carbons (Fsp3) is 0.667. The number of carbonyl (C=O) groups excluding carboxylic acids is 1. The van der Waals surface area contributed by atoms with Gasteiger partial charge in [0.1, 0.15) is 5.75 Å². The van der Waals surface area contributed by atoms with Crippen LogP contribution in [0.5, 0.6) is 5.75 Å². The van der Waals surface area contributed by atoms with Gasteiger partial charge in [0.25, 0.3) is 0 Å². The van der Waals surface area contributed by atoms with E-state index in [1.807, 2.05) is 4.90 Å². The number of nitrogens with zero attached hydrogens (tertiary/aromatic N) is 3. The average Bonchev–Trinajstić information content (AvgIpc) is 3.45. The summed E-state index contributed by atoms with van der Waals surface area (Å²) >= 11 is 0. The second-order valence-electron chi connectivity index (χ2n) is 8.32. The van der Waals surface area contributed by atoms with E-state index in [-0.39, 0.29) is 16.7 Å². The minimum Gasteiger partial charge on any atom is -0.497 e. The fourth-order valence-corrected chi connectivity index (χ4v) is 6.31. The zero-order valence-electron chi connectivity index (χ0n) is 17.1. The molecular weight excluding hydrogens is 390 g/mol. The van der Waals surface area contributed by atoms with E-state index < -0.39 is 10.0 Å². The van der Waals surface area contributed by atoms with Crippen LogP contribution in [0.25, 0.3) is 0 Å². The minimum absolute atomic E-state index is 0.0605. The predicted octanol–water partition coefficient (Wildman–Crippen LogP) is 1.79. The molecule has 1 unspecified atom stereocenters. The first-order valence-corrected chi connectivity index (χ1v) is 12.1. The molecule has 1 aromatic rings. The van der Waals surface area contributed by atoms with Crippen molar-refractivity contribution in [2.75, 3.05) is 46.4 Å². The number of piperidine rings is 1. The summed E-state index contributed by atoms with van der Waals surface area (Å²) in [5.74, 6) is 0.786. The third kappa shape index (κ3) is 4.29. The Morgan fingerprint density at radius 1 is 0.966 bits per heavy atom. The number of hydrogen-bond donors (Lipinski definition) is 0. The molecule has 0 aromatic heterocycles. The summed E-state index contributed by atoms with van der Waals surface area (Å²) in [5.41, 5.74) is 0. The van der Waals surface area contributed by atoms with E-state index in [1.54, 1.807) is 31.4 Å². The van der Waals surface area contributed by atoms with E-state index in [0.717, 1.165) is 32.6 Å². The first-order valence-electron chi connectivity index (χ1n) is 10.7. The van der Waals surface area contributed by atoms with Gasteiger partial charge in [-0.1, -0.05) is 0 Å². The molecule has 0 saturated carbocycles. The van der Waals surface area contributed by atoms with E-state index in [4.69, 9.17) is 4.74 Å². The first-order chi connectivity index (χ1) is 14.0. The van der Waals surface area contributed by atoms with Crippen molar-refractivity contribution in [1.29, 1.82) is 0 Å². The molecule has 8 heteroatoms. The maximum absolute atomic E-state index is 13.0. The zero-order chi connectivity index (χ0) is 20.4. The molecule has 0 radical (unpaired) electrons. The van der Waals surface area contributed by atoms with Crippen molar-refractivity contribution in [3.63, 3.8) is 0 Å². The predicted molar refractivity (Wildman–Crippen MR) is 110 cm³/mol. The second kappa shape index (κ2) is 8.62. The average molecular weight is 422 g/mol.